The number of nitrogens with zero attached hydrogens (tertiary/aromatic N) is 3. The van der Waals surface area contributed by atoms with Gasteiger partial charge in [0.05, 0.1) is 17.1 Å². The first-order valence-electron chi connectivity index (χ1n) is 7.93. The third-order valence-corrected chi connectivity index (χ3v) is 3.94. The van der Waals surface area contributed by atoms with Crippen molar-refractivity contribution in [3.8, 4) is 11.4 Å². The van der Waals surface area contributed by atoms with E-state index in [2.05, 4.69) is 15.5 Å². The summed E-state index contributed by atoms with van der Waals surface area (Å²) in [5.74, 6) is 0.0967. The highest BCUT2D eigenvalue weighted by atomic mass is 35.5. The highest BCUT2D eigenvalue weighted by molar-refractivity contribution is 6.32. The molecule has 0 bridgehead atoms. The van der Waals surface area contributed by atoms with Gasteiger partial charge in [0, 0.05) is 18.1 Å². The number of hydrazone groups is 1. The van der Waals surface area contributed by atoms with Crippen molar-refractivity contribution in [2.75, 3.05) is 6.61 Å². The van der Waals surface area contributed by atoms with E-state index in [4.69, 9.17) is 16.3 Å². The van der Waals surface area contributed by atoms with Gasteiger partial charge in [0.25, 0.3) is 5.91 Å². The Labute approximate surface area is 156 Å². The largest absolute Gasteiger partial charge is 0.482 e. The average molecular weight is 369 g/mol. The van der Waals surface area contributed by atoms with E-state index in [1.165, 1.54) is 0 Å². The lowest BCUT2D eigenvalue weighted by Crippen LogP contribution is -2.25. The summed E-state index contributed by atoms with van der Waals surface area (Å²) in [6.45, 7) is 1.65. The minimum Gasteiger partial charge on any atom is -0.482 e. The second-order valence-corrected chi connectivity index (χ2v) is 5.88. The van der Waals surface area contributed by atoms with Crippen LogP contribution in [-0.4, -0.2) is 27.8 Å². The molecule has 0 aliphatic carbocycles. The highest BCUT2D eigenvalue weighted by Crippen LogP contribution is 2.22. The molecule has 0 aliphatic rings. The SMILES string of the molecule is C/C(=N\NC(=O)COc1ccccc1Cl)c1ccc(-n2ccnc2)cc1. The van der Waals surface area contributed by atoms with E-state index in [0.717, 1.165) is 11.3 Å². The van der Waals surface area contributed by atoms with E-state index in [9.17, 15) is 4.79 Å². The van der Waals surface area contributed by atoms with Gasteiger partial charge in [-0.05, 0) is 36.8 Å². The van der Waals surface area contributed by atoms with Crippen LogP contribution in [0.5, 0.6) is 5.75 Å². The number of nitrogens with one attached hydrogen (secondary N) is 1. The van der Waals surface area contributed by atoms with Gasteiger partial charge in [0.2, 0.25) is 0 Å². The number of rotatable bonds is 6. The zero-order chi connectivity index (χ0) is 18.4. The molecule has 1 heterocycles. The lowest BCUT2D eigenvalue weighted by molar-refractivity contribution is -0.123. The molecular weight excluding hydrogens is 352 g/mol. The quantitative estimate of drug-likeness (QED) is 0.535. The Bertz CT molecular complexity index is 906. The third-order valence-electron chi connectivity index (χ3n) is 3.63. The van der Waals surface area contributed by atoms with Crippen molar-refractivity contribution in [1.29, 1.82) is 0 Å². The van der Waals surface area contributed by atoms with Crippen molar-refractivity contribution in [3.05, 3.63) is 77.8 Å². The monoisotopic (exact) mass is 368 g/mol. The van der Waals surface area contributed by atoms with Crippen LogP contribution in [0.3, 0.4) is 0 Å². The number of benzene rings is 2. The van der Waals surface area contributed by atoms with Crippen LogP contribution in [-0.2, 0) is 4.79 Å². The molecule has 0 saturated carbocycles. The minimum absolute atomic E-state index is 0.167. The van der Waals surface area contributed by atoms with Crippen molar-refractivity contribution in [3.63, 3.8) is 0 Å². The summed E-state index contributed by atoms with van der Waals surface area (Å²) in [7, 11) is 0. The maximum absolute atomic E-state index is 11.9. The molecule has 2 aromatic carbocycles. The molecule has 132 valence electrons. The molecule has 1 N–H and O–H groups in total. The lowest BCUT2D eigenvalue weighted by Gasteiger charge is -2.07. The van der Waals surface area contributed by atoms with Crippen molar-refractivity contribution < 1.29 is 9.53 Å². The summed E-state index contributed by atoms with van der Waals surface area (Å²) >= 11 is 5.98. The van der Waals surface area contributed by atoms with Crippen LogP contribution in [0.2, 0.25) is 5.02 Å². The summed E-state index contributed by atoms with van der Waals surface area (Å²) in [5, 5.41) is 4.56. The van der Waals surface area contributed by atoms with Gasteiger partial charge < -0.3 is 9.30 Å². The Kier molecular flexibility index (Phi) is 5.66. The molecule has 7 heteroatoms. The van der Waals surface area contributed by atoms with Crippen LogP contribution in [0, 0.1) is 0 Å². The Morgan fingerprint density at radius 1 is 1.23 bits per heavy atom. The van der Waals surface area contributed by atoms with Crippen molar-refractivity contribution in [1.82, 2.24) is 15.0 Å². The number of hydrogen-bond acceptors (Lipinski definition) is 4. The molecule has 6 nitrogen and oxygen atoms in total. The topological polar surface area (TPSA) is 68.5 Å². The molecule has 3 aromatic rings. The standard InChI is InChI=1S/C19H17ClN4O2/c1-14(15-6-8-16(9-7-15)24-11-10-21-13-24)22-23-19(25)12-26-18-5-3-2-4-17(18)20/h2-11,13H,12H2,1H3,(H,23,25)/b22-14+. The Balaban J connectivity index is 1.56. The number of imidazole rings is 1. The Hall–Kier alpha value is -3.12. The van der Waals surface area contributed by atoms with Gasteiger partial charge in [-0.1, -0.05) is 35.9 Å². The number of aromatic nitrogens is 2. The van der Waals surface area contributed by atoms with E-state index in [1.54, 1.807) is 36.8 Å². The van der Waals surface area contributed by atoms with Gasteiger partial charge in [0.15, 0.2) is 6.61 Å². The zero-order valence-electron chi connectivity index (χ0n) is 14.1. The van der Waals surface area contributed by atoms with Gasteiger partial charge >= 0.3 is 0 Å². The predicted octanol–water partition coefficient (Wildman–Crippen LogP) is 3.44. The van der Waals surface area contributed by atoms with Crippen molar-refractivity contribution in [2.24, 2.45) is 5.10 Å². The second-order valence-electron chi connectivity index (χ2n) is 5.47. The Morgan fingerprint density at radius 2 is 2.00 bits per heavy atom. The number of amides is 1. The summed E-state index contributed by atoms with van der Waals surface area (Å²) in [4.78, 5) is 15.9. The first kappa shape index (κ1) is 17.7. The first-order chi connectivity index (χ1) is 12.6. The number of carbonyl (C=O) groups excluding carboxylic acids is 1. The fourth-order valence-electron chi connectivity index (χ4n) is 2.23. The number of hydrogen-bond donors (Lipinski definition) is 1. The average Bonchev–Trinajstić information content (AvgIpc) is 3.20. The van der Waals surface area contributed by atoms with E-state index < -0.39 is 0 Å². The summed E-state index contributed by atoms with van der Waals surface area (Å²) in [6, 6.07) is 14.8. The number of carbonyl (C=O) groups is 1. The van der Waals surface area contributed by atoms with Crippen molar-refractivity contribution >= 4 is 23.2 Å². The molecule has 1 aromatic heterocycles. The van der Waals surface area contributed by atoms with E-state index in [0.29, 0.717) is 16.5 Å². The van der Waals surface area contributed by atoms with E-state index >= 15 is 0 Å². The number of ether oxygens (including phenoxy) is 1. The summed E-state index contributed by atoms with van der Waals surface area (Å²) < 4.78 is 7.28. The van der Waals surface area contributed by atoms with E-state index in [1.807, 2.05) is 42.0 Å². The number of para-hydroxylation sites is 1. The van der Waals surface area contributed by atoms with Crippen LogP contribution < -0.4 is 10.2 Å². The second kappa shape index (κ2) is 8.31. The molecule has 0 spiro atoms. The molecule has 0 atom stereocenters. The highest BCUT2D eigenvalue weighted by Gasteiger charge is 2.05. The molecule has 0 radical (unpaired) electrons. The molecule has 26 heavy (non-hydrogen) atoms. The fraction of sp³-hybridized carbons (Fsp3) is 0.105. The molecule has 0 unspecified atom stereocenters. The van der Waals surface area contributed by atoms with Crippen LogP contribution in [0.1, 0.15) is 12.5 Å². The maximum Gasteiger partial charge on any atom is 0.277 e. The van der Waals surface area contributed by atoms with Gasteiger partial charge in [-0.3, -0.25) is 4.79 Å². The number of halogens is 1. The van der Waals surface area contributed by atoms with Gasteiger partial charge in [-0.15, -0.1) is 0 Å². The maximum atomic E-state index is 11.9. The van der Waals surface area contributed by atoms with Crippen molar-refractivity contribution in [2.45, 2.75) is 6.92 Å². The van der Waals surface area contributed by atoms with E-state index in [-0.39, 0.29) is 12.5 Å². The summed E-state index contributed by atoms with van der Waals surface area (Å²) in [6.07, 6.45) is 5.32. The van der Waals surface area contributed by atoms with Gasteiger partial charge in [0.1, 0.15) is 5.75 Å². The molecule has 0 saturated heterocycles. The smallest absolute Gasteiger partial charge is 0.277 e. The van der Waals surface area contributed by atoms with Gasteiger partial charge in [-0.25, -0.2) is 10.4 Å². The van der Waals surface area contributed by atoms with Crippen LogP contribution in [0.25, 0.3) is 5.69 Å². The normalized spacial score (nSPS) is 11.2. The molecule has 0 aliphatic heterocycles. The first-order valence-corrected chi connectivity index (χ1v) is 8.30. The minimum atomic E-state index is -0.362. The Morgan fingerprint density at radius 3 is 2.69 bits per heavy atom. The van der Waals surface area contributed by atoms with Crippen LogP contribution >= 0.6 is 11.6 Å². The predicted molar refractivity (Wildman–Crippen MR) is 101 cm³/mol. The van der Waals surface area contributed by atoms with Crippen LogP contribution in [0.15, 0.2) is 72.4 Å². The molecule has 3 rings (SSSR count). The molecule has 1 amide bonds. The molecule has 0 fully saturated rings. The zero-order valence-corrected chi connectivity index (χ0v) is 14.8. The third kappa shape index (κ3) is 4.49. The van der Waals surface area contributed by atoms with Crippen LogP contribution in [0.4, 0.5) is 0 Å². The fourth-order valence-corrected chi connectivity index (χ4v) is 2.43. The molecular formula is C19H17ClN4O2. The van der Waals surface area contributed by atoms with Gasteiger partial charge in [-0.2, -0.15) is 5.10 Å². The summed E-state index contributed by atoms with van der Waals surface area (Å²) in [5.41, 5.74) is 5.07. The lowest BCUT2D eigenvalue weighted by atomic mass is 10.1.